The lowest BCUT2D eigenvalue weighted by Crippen LogP contribution is -2.45. The first-order chi connectivity index (χ1) is 19.5. The van der Waals surface area contributed by atoms with Crippen molar-refractivity contribution < 1.29 is 9.13 Å². The van der Waals surface area contributed by atoms with E-state index < -0.39 is 0 Å². The van der Waals surface area contributed by atoms with Crippen LogP contribution in [-0.4, -0.2) is 67.2 Å². The highest BCUT2D eigenvalue weighted by Crippen LogP contribution is 2.38. The highest BCUT2D eigenvalue weighted by atomic mass is 19.1. The summed E-state index contributed by atoms with van der Waals surface area (Å²) in [5, 5.41) is 17.7. The van der Waals surface area contributed by atoms with Crippen molar-refractivity contribution in [1.82, 2.24) is 34.8 Å². The number of hydrogen-bond donors (Lipinski definition) is 3. The van der Waals surface area contributed by atoms with E-state index in [0.29, 0.717) is 17.7 Å². The number of nitrogens with one attached hydrogen (secondary N) is 2. The molecule has 1 saturated carbocycles. The van der Waals surface area contributed by atoms with Gasteiger partial charge in [-0.25, -0.2) is 19.0 Å². The average molecular weight is 542 g/mol. The van der Waals surface area contributed by atoms with Gasteiger partial charge in [-0.2, -0.15) is 10.2 Å². The molecule has 206 valence electrons. The molecular formula is C29H32FN9O. The van der Waals surface area contributed by atoms with Gasteiger partial charge in [0, 0.05) is 35.8 Å². The summed E-state index contributed by atoms with van der Waals surface area (Å²) in [6.45, 7) is 5.55. The van der Waals surface area contributed by atoms with Crippen molar-refractivity contribution >= 4 is 39.3 Å². The zero-order valence-electron chi connectivity index (χ0n) is 22.4. The number of nitrogens with zero attached hydrogens (tertiary/aromatic N) is 6. The summed E-state index contributed by atoms with van der Waals surface area (Å²) >= 11 is 0. The van der Waals surface area contributed by atoms with Gasteiger partial charge in [0.2, 0.25) is 0 Å². The highest BCUT2D eigenvalue weighted by Gasteiger charge is 2.30. The fourth-order valence-corrected chi connectivity index (χ4v) is 6.22. The molecule has 1 saturated heterocycles. The number of H-pyrrole nitrogens is 1. The summed E-state index contributed by atoms with van der Waals surface area (Å²) in [4.78, 5) is 11.5. The van der Waals surface area contributed by atoms with Gasteiger partial charge in [0.05, 0.1) is 30.2 Å². The molecule has 0 bridgehead atoms. The quantitative estimate of drug-likeness (QED) is 0.285. The fraction of sp³-hybridized carbons (Fsp3) is 0.379. The van der Waals surface area contributed by atoms with Crippen LogP contribution in [0.1, 0.15) is 37.3 Å². The van der Waals surface area contributed by atoms with Crippen molar-refractivity contribution in [3.05, 3.63) is 54.1 Å². The van der Waals surface area contributed by atoms with Crippen LogP contribution in [0, 0.1) is 12.7 Å². The summed E-state index contributed by atoms with van der Waals surface area (Å²) in [6.07, 6.45) is 5.86. The Morgan fingerprint density at radius 1 is 1.02 bits per heavy atom. The maximum Gasteiger partial charge on any atom is 0.164 e. The van der Waals surface area contributed by atoms with E-state index in [2.05, 4.69) is 35.1 Å². The van der Waals surface area contributed by atoms with Gasteiger partial charge in [-0.15, -0.1) is 0 Å². The number of aromatic nitrogens is 6. The Morgan fingerprint density at radius 2 is 1.82 bits per heavy atom. The van der Waals surface area contributed by atoms with E-state index >= 15 is 0 Å². The molecule has 1 aliphatic carbocycles. The lowest BCUT2D eigenvalue weighted by molar-refractivity contribution is 0.00520. The number of ether oxygens (including phenoxy) is 1. The molecule has 0 radical (unpaired) electrons. The molecule has 40 heavy (non-hydrogen) atoms. The van der Waals surface area contributed by atoms with Crippen molar-refractivity contribution in [3.8, 4) is 11.3 Å². The number of morpholine rings is 1. The van der Waals surface area contributed by atoms with Crippen LogP contribution in [0.5, 0.6) is 0 Å². The number of rotatable bonds is 5. The SMILES string of the molecule is Cc1cc(F)ccc1Nc1n[nH]c2cc(-c3nn(C4CCC(N5CCOCC5)CC4)c4ncnc(N)c34)ccc12. The maximum atomic E-state index is 13.6. The predicted octanol–water partition coefficient (Wildman–Crippen LogP) is 4.96. The van der Waals surface area contributed by atoms with Crippen molar-refractivity contribution in [2.24, 2.45) is 0 Å². The number of aryl methyl sites for hydroxylation is 1. The molecule has 2 aromatic carbocycles. The number of anilines is 3. The molecule has 7 rings (SSSR count). The summed E-state index contributed by atoms with van der Waals surface area (Å²) in [7, 11) is 0. The number of hydrogen-bond acceptors (Lipinski definition) is 8. The molecule has 4 heterocycles. The number of benzene rings is 2. The molecule has 10 nitrogen and oxygen atoms in total. The minimum atomic E-state index is -0.264. The maximum absolute atomic E-state index is 13.6. The number of aromatic amines is 1. The molecule has 0 amide bonds. The highest BCUT2D eigenvalue weighted by molar-refractivity contribution is 6.01. The van der Waals surface area contributed by atoms with E-state index in [1.165, 1.54) is 18.5 Å². The topological polar surface area (TPSA) is 123 Å². The Morgan fingerprint density at radius 3 is 2.62 bits per heavy atom. The van der Waals surface area contributed by atoms with Gasteiger partial charge in [0.1, 0.15) is 23.7 Å². The number of nitrogens with two attached hydrogens (primary N) is 1. The van der Waals surface area contributed by atoms with Gasteiger partial charge in [0.25, 0.3) is 0 Å². The average Bonchev–Trinajstić information content (AvgIpc) is 3.57. The third-order valence-electron chi connectivity index (χ3n) is 8.37. The smallest absolute Gasteiger partial charge is 0.164 e. The van der Waals surface area contributed by atoms with Crippen LogP contribution < -0.4 is 11.1 Å². The van der Waals surface area contributed by atoms with Gasteiger partial charge >= 0.3 is 0 Å². The number of nitrogen functional groups attached to an aromatic ring is 1. The van der Waals surface area contributed by atoms with E-state index in [1.807, 2.05) is 25.1 Å². The predicted molar refractivity (Wildman–Crippen MR) is 153 cm³/mol. The van der Waals surface area contributed by atoms with Gasteiger partial charge in [-0.05, 0) is 68.5 Å². The second-order valence-corrected chi connectivity index (χ2v) is 10.8. The van der Waals surface area contributed by atoms with Crippen LogP contribution in [0.3, 0.4) is 0 Å². The number of fused-ring (bicyclic) bond motifs is 2. The molecular weight excluding hydrogens is 509 g/mol. The van der Waals surface area contributed by atoms with E-state index in [-0.39, 0.29) is 11.9 Å². The van der Waals surface area contributed by atoms with Crippen LogP contribution in [0.4, 0.5) is 21.7 Å². The van der Waals surface area contributed by atoms with Crippen LogP contribution >= 0.6 is 0 Å². The number of halogens is 1. The Bertz CT molecular complexity index is 1680. The Labute approximate surface area is 230 Å². The minimum Gasteiger partial charge on any atom is -0.383 e. The summed E-state index contributed by atoms with van der Waals surface area (Å²) < 4.78 is 21.2. The zero-order chi connectivity index (χ0) is 27.2. The molecule has 0 unspecified atom stereocenters. The molecule has 11 heteroatoms. The molecule has 1 aliphatic heterocycles. The van der Waals surface area contributed by atoms with Crippen LogP contribution in [0.25, 0.3) is 33.2 Å². The Kier molecular flexibility index (Phi) is 6.32. The third-order valence-corrected chi connectivity index (χ3v) is 8.37. The second kappa shape index (κ2) is 10.1. The van der Waals surface area contributed by atoms with Gasteiger partial charge in [-0.3, -0.25) is 10.00 Å². The fourth-order valence-electron chi connectivity index (χ4n) is 6.22. The Hall–Kier alpha value is -4.09. The zero-order valence-corrected chi connectivity index (χ0v) is 22.4. The molecule has 3 aromatic heterocycles. The van der Waals surface area contributed by atoms with E-state index in [4.69, 9.17) is 15.6 Å². The van der Waals surface area contributed by atoms with Crippen LogP contribution in [0.2, 0.25) is 0 Å². The standard InChI is InChI=1S/C29H32FN9O/c1-17-14-19(30)3-9-23(17)34-28-22-8-2-18(15-24(22)35-36-28)26-25-27(31)32-16-33-29(25)39(37-26)21-6-4-20(5-7-21)38-10-12-40-13-11-38/h2-3,8-9,14-16,20-21H,4-7,10-13H2,1H3,(H2,31,32,33)(H2,34,35,36). The van der Waals surface area contributed by atoms with Crippen LogP contribution in [0.15, 0.2) is 42.7 Å². The van der Waals surface area contributed by atoms with Crippen molar-refractivity contribution in [1.29, 1.82) is 0 Å². The first-order valence-electron chi connectivity index (χ1n) is 13.9. The largest absolute Gasteiger partial charge is 0.383 e. The Balaban J connectivity index is 1.19. The normalized spacial score (nSPS) is 20.4. The lowest BCUT2D eigenvalue weighted by Gasteiger charge is -2.38. The molecule has 5 aromatic rings. The molecule has 4 N–H and O–H groups in total. The molecule has 0 atom stereocenters. The van der Waals surface area contributed by atoms with Crippen molar-refractivity contribution in [2.45, 2.75) is 44.7 Å². The van der Waals surface area contributed by atoms with Crippen LogP contribution in [-0.2, 0) is 4.74 Å². The summed E-state index contributed by atoms with van der Waals surface area (Å²) in [5.41, 5.74) is 11.3. The monoisotopic (exact) mass is 541 g/mol. The second-order valence-electron chi connectivity index (χ2n) is 10.8. The third kappa shape index (κ3) is 4.44. The lowest BCUT2D eigenvalue weighted by atomic mass is 9.90. The van der Waals surface area contributed by atoms with Gasteiger partial charge < -0.3 is 15.8 Å². The van der Waals surface area contributed by atoms with Crippen molar-refractivity contribution in [2.75, 3.05) is 37.4 Å². The van der Waals surface area contributed by atoms with E-state index in [1.54, 1.807) is 6.07 Å². The summed E-state index contributed by atoms with van der Waals surface area (Å²) in [6, 6.07) is 11.6. The van der Waals surface area contributed by atoms with E-state index in [0.717, 1.165) is 96.4 Å². The summed E-state index contributed by atoms with van der Waals surface area (Å²) in [5.74, 6) is 0.832. The first kappa shape index (κ1) is 24.9. The van der Waals surface area contributed by atoms with Crippen molar-refractivity contribution in [3.63, 3.8) is 0 Å². The van der Waals surface area contributed by atoms with Gasteiger partial charge in [0.15, 0.2) is 11.5 Å². The van der Waals surface area contributed by atoms with Gasteiger partial charge in [-0.1, -0.05) is 6.07 Å². The minimum absolute atomic E-state index is 0.258. The molecule has 2 aliphatic rings. The first-order valence-corrected chi connectivity index (χ1v) is 13.9. The van der Waals surface area contributed by atoms with E-state index in [9.17, 15) is 4.39 Å². The molecule has 2 fully saturated rings. The molecule has 0 spiro atoms.